The van der Waals surface area contributed by atoms with Crippen LogP contribution < -0.4 is 5.73 Å². The first-order chi connectivity index (χ1) is 9.91. The number of hydrogen-bond acceptors (Lipinski definition) is 2. The highest BCUT2D eigenvalue weighted by Gasteiger charge is 2.20. The van der Waals surface area contributed by atoms with Crippen molar-refractivity contribution in [2.75, 3.05) is 12.8 Å². The highest BCUT2D eigenvalue weighted by atomic mass is 35.5. The van der Waals surface area contributed by atoms with Gasteiger partial charge in [-0.05, 0) is 43.2 Å². The van der Waals surface area contributed by atoms with Crippen LogP contribution in [0.5, 0.6) is 0 Å². The molecule has 2 aromatic carbocycles. The molecule has 3 nitrogen and oxygen atoms in total. The van der Waals surface area contributed by atoms with E-state index < -0.39 is 0 Å². The van der Waals surface area contributed by atoms with Crippen LogP contribution in [0.3, 0.4) is 0 Å². The normalized spacial score (nSPS) is 12.0. The minimum Gasteiger partial charge on any atom is -0.398 e. The molecule has 0 aliphatic carbocycles. The van der Waals surface area contributed by atoms with Crippen LogP contribution in [-0.2, 0) is 0 Å². The van der Waals surface area contributed by atoms with E-state index in [0.717, 1.165) is 11.1 Å². The lowest BCUT2D eigenvalue weighted by molar-refractivity contribution is 0.0743. The maximum atomic E-state index is 12.6. The number of nitrogens with zero attached hydrogens (tertiary/aromatic N) is 1. The Balaban J connectivity index is 2.26. The van der Waals surface area contributed by atoms with Gasteiger partial charge in [-0.1, -0.05) is 35.9 Å². The second-order valence-corrected chi connectivity index (χ2v) is 5.59. The summed E-state index contributed by atoms with van der Waals surface area (Å²) < 4.78 is 0. The molecule has 0 radical (unpaired) electrons. The van der Waals surface area contributed by atoms with Gasteiger partial charge in [-0.2, -0.15) is 0 Å². The first-order valence-electron chi connectivity index (χ1n) is 6.79. The summed E-state index contributed by atoms with van der Waals surface area (Å²) in [5.41, 5.74) is 8.98. The van der Waals surface area contributed by atoms with E-state index in [2.05, 4.69) is 0 Å². The fourth-order valence-corrected chi connectivity index (χ4v) is 2.47. The van der Waals surface area contributed by atoms with Crippen LogP contribution in [0.2, 0.25) is 5.02 Å². The SMILES string of the molecule is Cc1ccc(C(=O)N(C)C(C)c2ccccc2Cl)cc1N. The molecule has 0 aliphatic heterocycles. The summed E-state index contributed by atoms with van der Waals surface area (Å²) in [5.74, 6) is -0.0749. The lowest BCUT2D eigenvalue weighted by atomic mass is 10.0. The van der Waals surface area contributed by atoms with Gasteiger partial charge < -0.3 is 10.6 Å². The second kappa shape index (κ2) is 6.19. The maximum Gasteiger partial charge on any atom is 0.254 e. The standard InChI is InChI=1S/C17H19ClN2O/c1-11-8-9-13(10-16(11)19)17(21)20(3)12(2)14-6-4-5-7-15(14)18/h4-10,12H,19H2,1-3H3. The number of benzene rings is 2. The quantitative estimate of drug-likeness (QED) is 0.869. The summed E-state index contributed by atoms with van der Waals surface area (Å²) in [6.07, 6.45) is 0. The van der Waals surface area contributed by atoms with Gasteiger partial charge in [-0.25, -0.2) is 0 Å². The summed E-state index contributed by atoms with van der Waals surface area (Å²) in [6, 6.07) is 12.8. The number of nitrogens with two attached hydrogens (primary N) is 1. The Morgan fingerprint density at radius 3 is 2.52 bits per heavy atom. The monoisotopic (exact) mass is 302 g/mol. The topological polar surface area (TPSA) is 46.3 Å². The second-order valence-electron chi connectivity index (χ2n) is 5.18. The van der Waals surface area contributed by atoms with E-state index >= 15 is 0 Å². The van der Waals surface area contributed by atoms with Crippen LogP contribution in [0, 0.1) is 6.92 Å². The van der Waals surface area contributed by atoms with Crippen molar-refractivity contribution < 1.29 is 4.79 Å². The van der Waals surface area contributed by atoms with E-state index in [1.165, 1.54) is 0 Å². The minimum atomic E-state index is -0.117. The van der Waals surface area contributed by atoms with Crippen molar-refractivity contribution in [1.82, 2.24) is 4.90 Å². The molecule has 1 unspecified atom stereocenters. The molecule has 0 spiro atoms. The van der Waals surface area contributed by atoms with Gasteiger partial charge >= 0.3 is 0 Å². The van der Waals surface area contributed by atoms with Gasteiger partial charge in [0.05, 0.1) is 6.04 Å². The molecule has 2 aromatic rings. The molecule has 0 saturated carbocycles. The summed E-state index contributed by atoms with van der Waals surface area (Å²) in [6.45, 7) is 3.87. The zero-order chi connectivity index (χ0) is 15.6. The highest BCUT2D eigenvalue weighted by molar-refractivity contribution is 6.31. The van der Waals surface area contributed by atoms with Crippen molar-refractivity contribution >= 4 is 23.2 Å². The third-order valence-corrected chi connectivity index (χ3v) is 4.13. The Labute approximate surface area is 130 Å². The molecule has 4 heteroatoms. The molecule has 1 amide bonds. The Hall–Kier alpha value is -2.00. The van der Waals surface area contributed by atoms with E-state index in [9.17, 15) is 4.79 Å². The van der Waals surface area contributed by atoms with Crippen molar-refractivity contribution in [3.63, 3.8) is 0 Å². The number of rotatable bonds is 3. The van der Waals surface area contributed by atoms with Gasteiger partial charge in [0.1, 0.15) is 0 Å². The van der Waals surface area contributed by atoms with Crippen LogP contribution in [0.1, 0.15) is 34.5 Å². The van der Waals surface area contributed by atoms with Crippen molar-refractivity contribution in [2.45, 2.75) is 19.9 Å². The molecule has 0 saturated heterocycles. The minimum absolute atomic E-state index is 0.0749. The predicted octanol–water partition coefficient (Wildman–Crippen LogP) is 4.06. The number of amides is 1. The van der Waals surface area contributed by atoms with Gasteiger partial charge in [0, 0.05) is 23.3 Å². The van der Waals surface area contributed by atoms with Crippen LogP contribution in [-0.4, -0.2) is 17.9 Å². The molecular formula is C17H19ClN2O. The molecule has 0 bridgehead atoms. The number of hydrogen-bond donors (Lipinski definition) is 1. The summed E-state index contributed by atoms with van der Waals surface area (Å²) >= 11 is 6.20. The molecular weight excluding hydrogens is 284 g/mol. The zero-order valence-electron chi connectivity index (χ0n) is 12.4. The summed E-state index contributed by atoms with van der Waals surface area (Å²) in [7, 11) is 1.77. The lowest BCUT2D eigenvalue weighted by Crippen LogP contribution is -2.29. The number of halogens is 1. The summed E-state index contributed by atoms with van der Waals surface area (Å²) in [5, 5.41) is 0.660. The Morgan fingerprint density at radius 1 is 1.24 bits per heavy atom. The fraction of sp³-hybridized carbons (Fsp3) is 0.235. The first-order valence-corrected chi connectivity index (χ1v) is 7.17. The number of aryl methyl sites for hydroxylation is 1. The predicted molar refractivity (Wildman–Crippen MR) is 87.6 cm³/mol. The molecule has 0 aromatic heterocycles. The Bertz CT molecular complexity index is 670. The van der Waals surface area contributed by atoms with Gasteiger partial charge in [-0.3, -0.25) is 4.79 Å². The third-order valence-electron chi connectivity index (χ3n) is 3.78. The highest BCUT2D eigenvalue weighted by Crippen LogP contribution is 2.27. The first kappa shape index (κ1) is 15.4. The molecule has 21 heavy (non-hydrogen) atoms. The Kier molecular flexibility index (Phi) is 4.53. The number of anilines is 1. The molecule has 2 N–H and O–H groups in total. The molecule has 0 heterocycles. The number of carbonyl (C=O) groups is 1. The Morgan fingerprint density at radius 2 is 1.90 bits per heavy atom. The molecule has 0 aliphatic rings. The van der Waals surface area contributed by atoms with Crippen molar-refractivity contribution in [3.8, 4) is 0 Å². The van der Waals surface area contributed by atoms with Crippen molar-refractivity contribution in [1.29, 1.82) is 0 Å². The smallest absolute Gasteiger partial charge is 0.254 e. The molecule has 1 atom stereocenters. The average molecular weight is 303 g/mol. The third kappa shape index (κ3) is 3.19. The van der Waals surface area contributed by atoms with Gasteiger partial charge in [0.2, 0.25) is 0 Å². The van der Waals surface area contributed by atoms with E-state index in [1.807, 2.05) is 44.2 Å². The van der Waals surface area contributed by atoms with Gasteiger partial charge in [0.25, 0.3) is 5.91 Å². The van der Waals surface area contributed by atoms with E-state index in [4.69, 9.17) is 17.3 Å². The van der Waals surface area contributed by atoms with Crippen LogP contribution >= 0.6 is 11.6 Å². The fourth-order valence-electron chi connectivity index (χ4n) is 2.18. The molecule has 2 rings (SSSR count). The zero-order valence-corrected chi connectivity index (χ0v) is 13.2. The average Bonchev–Trinajstić information content (AvgIpc) is 2.48. The van der Waals surface area contributed by atoms with E-state index in [-0.39, 0.29) is 11.9 Å². The number of nitrogen functional groups attached to an aromatic ring is 1. The largest absolute Gasteiger partial charge is 0.398 e. The van der Waals surface area contributed by atoms with Crippen LogP contribution in [0.4, 0.5) is 5.69 Å². The number of carbonyl (C=O) groups excluding carboxylic acids is 1. The maximum absolute atomic E-state index is 12.6. The van der Waals surface area contributed by atoms with Crippen molar-refractivity contribution in [3.05, 3.63) is 64.2 Å². The van der Waals surface area contributed by atoms with Crippen LogP contribution in [0.25, 0.3) is 0 Å². The summed E-state index contributed by atoms with van der Waals surface area (Å²) in [4.78, 5) is 14.2. The van der Waals surface area contributed by atoms with Gasteiger partial charge in [0.15, 0.2) is 0 Å². The van der Waals surface area contributed by atoms with E-state index in [1.54, 1.807) is 24.1 Å². The molecule has 110 valence electrons. The van der Waals surface area contributed by atoms with Crippen molar-refractivity contribution in [2.24, 2.45) is 0 Å². The molecule has 0 fully saturated rings. The van der Waals surface area contributed by atoms with Gasteiger partial charge in [-0.15, -0.1) is 0 Å². The van der Waals surface area contributed by atoms with Crippen LogP contribution in [0.15, 0.2) is 42.5 Å². The van der Waals surface area contributed by atoms with E-state index in [0.29, 0.717) is 16.3 Å². The lowest BCUT2D eigenvalue weighted by Gasteiger charge is -2.26.